The van der Waals surface area contributed by atoms with Crippen molar-refractivity contribution in [2.45, 2.75) is 52.1 Å². The maximum Gasteiger partial charge on any atom is 0.237 e. The summed E-state index contributed by atoms with van der Waals surface area (Å²) in [4.78, 5) is 27.0. The van der Waals surface area contributed by atoms with Crippen LogP contribution in [0.2, 0.25) is 0 Å². The molecule has 2 unspecified atom stereocenters. The van der Waals surface area contributed by atoms with Crippen LogP contribution in [0.25, 0.3) is 0 Å². The standard InChI is InChI=1S/C21H33N3O3/c1-5-12-22-21(26)17-10-13-24(14-11-17)16(3)20(25)23-15(2)18-8-6-7-9-19(18)27-4/h6-9,15-17H,5,10-14H2,1-4H3,(H,22,26)(H,23,25). The molecule has 1 aromatic carbocycles. The molecule has 1 aliphatic heterocycles. The summed E-state index contributed by atoms with van der Waals surface area (Å²) in [5.41, 5.74) is 0.965. The van der Waals surface area contributed by atoms with E-state index >= 15 is 0 Å². The Morgan fingerprint density at radius 2 is 1.89 bits per heavy atom. The van der Waals surface area contributed by atoms with E-state index < -0.39 is 0 Å². The van der Waals surface area contributed by atoms with Gasteiger partial charge < -0.3 is 15.4 Å². The lowest BCUT2D eigenvalue weighted by molar-refractivity contribution is -0.129. The number of carbonyl (C=O) groups is 2. The average molecular weight is 376 g/mol. The van der Waals surface area contributed by atoms with E-state index in [-0.39, 0.29) is 29.8 Å². The number of carbonyl (C=O) groups excluding carboxylic acids is 2. The third-order valence-corrected chi connectivity index (χ3v) is 5.34. The molecule has 0 aromatic heterocycles. The molecule has 0 bridgehead atoms. The van der Waals surface area contributed by atoms with Crippen LogP contribution < -0.4 is 15.4 Å². The first-order valence-electron chi connectivity index (χ1n) is 9.93. The smallest absolute Gasteiger partial charge is 0.237 e. The summed E-state index contributed by atoms with van der Waals surface area (Å²) in [6.45, 7) is 8.21. The van der Waals surface area contributed by atoms with Crippen molar-refractivity contribution in [1.29, 1.82) is 0 Å². The molecular weight excluding hydrogens is 342 g/mol. The molecular formula is C21H33N3O3. The monoisotopic (exact) mass is 375 g/mol. The highest BCUT2D eigenvalue weighted by Gasteiger charge is 2.30. The molecule has 2 N–H and O–H groups in total. The van der Waals surface area contributed by atoms with Gasteiger partial charge >= 0.3 is 0 Å². The second-order valence-corrected chi connectivity index (χ2v) is 7.25. The summed E-state index contributed by atoms with van der Waals surface area (Å²) in [6.07, 6.45) is 2.55. The summed E-state index contributed by atoms with van der Waals surface area (Å²) in [7, 11) is 1.64. The quantitative estimate of drug-likeness (QED) is 0.732. The molecule has 1 fully saturated rings. The zero-order valence-corrected chi connectivity index (χ0v) is 17.0. The molecule has 27 heavy (non-hydrogen) atoms. The van der Waals surface area contributed by atoms with E-state index in [4.69, 9.17) is 4.74 Å². The Balaban J connectivity index is 1.86. The minimum atomic E-state index is -0.221. The van der Waals surface area contributed by atoms with Crippen LogP contribution in [0, 0.1) is 5.92 Å². The maximum atomic E-state index is 12.7. The summed E-state index contributed by atoms with van der Waals surface area (Å²) in [5.74, 6) is 0.994. The number of para-hydroxylation sites is 1. The zero-order valence-electron chi connectivity index (χ0n) is 17.0. The third kappa shape index (κ3) is 5.70. The number of nitrogens with zero attached hydrogens (tertiary/aromatic N) is 1. The number of benzene rings is 1. The lowest BCUT2D eigenvalue weighted by Crippen LogP contribution is -2.50. The van der Waals surface area contributed by atoms with Gasteiger partial charge in [0, 0.05) is 18.0 Å². The highest BCUT2D eigenvalue weighted by atomic mass is 16.5. The minimum absolute atomic E-state index is 0.00212. The predicted molar refractivity (Wildman–Crippen MR) is 107 cm³/mol. The van der Waals surface area contributed by atoms with Crippen LogP contribution in [0.15, 0.2) is 24.3 Å². The van der Waals surface area contributed by atoms with Crippen molar-refractivity contribution in [2.24, 2.45) is 5.92 Å². The molecule has 0 spiro atoms. The summed E-state index contributed by atoms with van der Waals surface area (Å²) in [5, 5.41) is 6.07. The average Bonchev–Trinajstić information content (AvgIpc) is 2.71. The number of hydrogen-bond donors (Lipinski definition) is 2. The van der Waals surface area contributed by atoms with E-state index in [1.54, 1.807) is 7.11 Å². The second-order valence-electron chi connectivity index (χ2n) is 7.25. The molecule has 2 amide bonds. The molecule has 6 heteroatoms. The number of hydrogen-bond acceptors (Lipinski definition) is 4. The van der Waals surface area contributed by atoms with Gasteiger partial charge in [0.05, 0.1) is 19.2 Å². The molecule has 1 heterocycles. The first-order chi connectivity index (χ1) is 13.0. The van der Waals surface area contributed by atoms with E-state index in [2.05, 4.69) is 22.5 Å². The summed E-state index contributed by atoms with van der Waals surface area (Å²) in [6, 6.07) is 7.37. The van der Waals surface area contributed by atoms with Gasteiger partial charge in [0.2, 0.25) is 11.8 Å². The number of nitrogens with one attached hydrogen (secondary N) is 2. The van der Waals surface area contributed by atoms with Crippen LogP contribution >= 0.6 is 0 Å². The van der Waals surface area contributed by atoms with E-state index in [0.29, 0.717) is 0 Å². The normalized spacial score (nSPS) is 17.8. The number of piperidine rings is 1. The number of rotatable bonds is 8. The second kappa shape index (κ2) is 10.3. The van der Waals surface area contributed by atoms with Gasteiger partial charge in [-0.25, -0.2) is 0 Å². The topological polar surface area (TPSA) is 70.7 Å². The van der Waals surface area contributed by atoms with Gasteiger partial charge in [0.1, 0.15) is 5.75 Å². The Hall–Kier alpha value is -2.08. The molecule has 1 aromatic rings. The molecule has 0 saturated carbocycles. The summed E-state index contributed by atoms with van der Waals surface area (Å²) >= 11 is 0. The Kier molecular flexibility index (Phi) is 8.10. The van der Waals surface area contributed by atoms with Crippen molar-refractivity contribution in [2.75, 3.05) is 26.7 Å². The van der Waals surface area contributed by atoms with Gasteiger partial charge in [-0.1, -0.05) is 25.1 Å². The number of likely N-dealkylation sites (tertiary alicyclic amines) is 1. The Morgan fingerprint density at radius 1 is 1.22 bits per heavy atom. The predicted octanol–water partition coefficient (Wildman–Crippen LogP) is 2.50. The van der Waals surface area contributed by atoms with Gasteiger partial charge in [-0.15, -0.1) is 0 Å². The highest BCUT2D eigenvalue weighted by molar-refractivity contribution is 5.82. The lowest BCUT2D eigenvalue weighted by Gasteiger charge is -2.35. The molecule has 2 atom stereocenters. The van der Waals surface area contributed by atoms with Crippen molar-refractivity contribution in [3.8, 4) is 5.75 Å². The maximum absolute atomic E-state index is 12.7. The van der Waals surface area contributed by atoms with Crippen LogP contribution in [0.3, 0.4) is 0 Å². The first kappa shape index (κ1) is 21.2. The van der Waals surface area contributed by atoms with Gasteiger partial charge in [0.15, 0.2) is 0 Å². The molecule has 2 rings (SSSR count). The molecule has 0 aliphatic carbocycles. The van der Waals surface area contributed by atoms with Crippen molar-refractivity contribution in [3.63, 3.8) is 0 Å². The van der Waals surface area contributed by atoms with Crippen molar-refractivity contribution in [3.05, 3.63) is 29.8 Å². The largest absolute Gasteiger partial charge is 0.496 e. The van der Waals surface area contributed by atoms with Gasteiger partial charge in [-0.3, -0.25) is 14.5 Å². The van der Waals surface area contributed by atoms with Crippen LogP contribution in [-0.4, -0.2) is 49.5 Å². The Morgan fingerprint density at radius 3 is 2.52 bits per heavy atom. The molecule has 0 radical (unpaired) electrons. The fourth-order valence-corrected chi connectivity index (χ4v) is 3.54. The number of methoxy groups -OCH3 is 1. The fourth-order valence-electron chi connectivity index (χ4n) is 3.54. The molecule has 1 saturated heterocycles. The molecule has 1 aliphatic rings. The summed E-state index contributed by atoms with van der Waals surface area (Å²) < 4.78 is 5.39. The van der Waals surface area contributed by atoms with Crippen LogP contribution in [0.1, 0.15) is 51.6 Å². The lowest BCUT2D eigenvalue weighted by atomic mass is 9.94. The van der Waals surface area contributed by atoms with Crippen LogP contribution in [0.5, 0.6) is 5.75 Å². The van der Waals surface area contributed by atoms with E-state index in [9.17, 15) is 9.59 Å². The minimum Gasteiger partial charge on any atom is -0.496 e. The fraction of sp³-hybridized carbons (Fsp3) is 0.619. The number of ether oxygens (including phenoxy) is 1. The van der Waals surface area contributed by atoms with Gasteiger partial charge in [0.25, 0.3) is 0 Å². The van der Waals surface area contributed by atoms with Crippen molar-refractivity contribution < 1.29 is 14.3 Å². The van der Waals surface area contributed by atoms with Crippen molar-refractivity contribution >= 4 is 11.8 Å². The Bertz CT molecular complexity index is 627. The van der Waals surface area contributed by atoms with E-state index in [0.717, 1.165) is 50.2 Å². The molecule has 6 nitrogen and oxygen atoms in total. The van der Waals surface area contributed by atoms with Crippen LogP contribution in [0.4, 0.5) is 0 Å². The van der Waals surface area contributed by atoms with Crippen molar-refractivity contribution in [1.82, 2.24) is 15.5 Å². The number of amides is 2. The highest BCUT2D eigenvalue weighted by Crippen LogP contribution is 2.25. The Labute approximate surface area is 162 Å². The van der Waals surface area contributed by atoms with E-state index in [1.165, 1.54) is 0 Å². The molecule has 150 valence electrons. The zero-order chi connectivity index (χ0) is 19.8. The first-order valence-corrected chi connectivity index (χ1v) is 9.93. The third-order valence-electron chi connectivity index (χ3n) is 5.34. The van der Waals surface area contributed by atoms with Gasteiger partial charge in [-0.2, -0.15) is 0 Å². The van der Waals surface area contributed by atoms with E-state index in [1.807, 2.05) is 38.1 Å². The van der Waals surface area contributed by atoms with Crippen LogP contribution in [-0.2, 0) is 9.59 Å². The SMILES string of the molecule is CCCNC(=O)C1CCN(C(C)C(=O)NC(C)c2ccccc2OC)CC1. The van der Waals surface area contributed by atoms with Gasteiger partial charge in [-0.05, 0) is 52.3 Å².